The Kier molecular flexibility index (Phi) is 5.12. The topological polar surface area (TPSA) is 133 Å². The van der Waals surface area contributed by atoms with E-state index in [0.29, 0.717) is 62.3 Å². The van der Waals surface area contributed by atoms with Crippen LogP contribution in [-0.2, 0) is 17.7 Å². The number of morpholine rings is 1. The minimum absolute atomic E-state index is 0.0705. The molecule has 3 aromatic heterocycles. The van der Waals surface area contributed by atoms with Gasteiger partial charge in [-0.25, -0.2) is 19.7 Å². The number of nitrogens with zero attached hydrogens (tertiary/aromatic N) is 5. The van der Waals surface area contributed by atoms with Crippen LogP contribution in [0.4, 0.5) is 22.1 Å². The van der Waals surface area contributed by atoms with Crippen LogP contribution in [0.2, 0.25) is 0 Å². The van der Waals surface area contributed by atoms with Crippen LogP contribution in [0, 0.1) is 5.41 Å². The Bertz CT molecular complexity index is 1160. The number of thiophene rings is 1. The molecule has 0 unspecified atom stereocenters. The molecule has 3 aromatic rings. The van der Waals surface area contributed by atoms with E-state index in [-0.39, 0.29) is 6.03 Å². The number of anilines is 3. The zero-order valence-corrected chi connectivity index (χ0v) is 17.6. The van der Waals surface area contributed by atoms with Crippen LogP contribution in [-0.4, -0.2) is 69.8 Å². The quantitative estimate of drug-likeness (QED) is 0.534. The average molecular weight is 439 g/mol. The zero-order valence-electron chi connectivity index (χ0n) is 16.8. The number of aromatic nitrogens is 3. The van der Waals surface area contributed by atoms with Crippen molar-refractivity contribution in [3.63, 3.8) is 0 Å². The van der Waals surface area contributed by atoms with Gasteiger partial charge in [-0.3, -0.25) is 0 Å². The lowest BCUT2D eigenvalue weighted by Gasteiger charge is -2.34. The summed E-state index contributed by atoms with van der Waals surface area (Å²) in [7, 11) is 0. The number of amides is 2. The summed E-state index contributed by atoms with van der Waals surface area (Å²) in [6, 6.07) is 1.79. The lowest BCUT2D eigenvalue weighted by molar-refractivity contribution is 0.0423. The van der Waals surface area contributed by atoms with Crippen molar-refractivity contribution in [1.82, 2.24) is 24.8 Å². The van der Waals surface area contributed by atoms with E-state index in [4.69, 9.17) is 15.9 Å². The van der Waals surface area contributed by atoms with Crippen molar-refractivity contribution in [2.75, 3.05) is 43.9 Å². The molecule has 0 radical (unpaired) electrons. The summed E-state index contributed by atoms with van der Waals surface area (Å²) < 4.78 is 5.36. The van der Waals surface area contributed by atoms with Crippen molar-refractivity contribution >= 4 is 51.1 Å². The number of carbonyl (C=O) groups is 1. The third-order valence-corrected chi connectivity index (χ3v) is 6.68. The number of hydrogen-bond acceptors (Lipinski definition) is 9. The van der Waals surface area contributed by atoms with Gasteiger partial charge in [-0.1, -0.05) is 0 Å². The van der Waals surface area contributed by atoms with Gasteiger partial charge in [0.2, 0.25) is 0 Å². The van der Waals surface area contributed by atoms with E-state index in [2.05, 4.69) is 20.3 Å². The second-order valence-electron chi connectivity index (χ2n) is 7.43. The highest BCUT2D eigenvalue weighted by Gasteiger charge is 2.29. The molecule has 0 bridgehead atoms. The van der Waals surface area contributed by atoms with Crippen LogP contribution >= 0.6 is 11.3 Å². The highest BCUT2D eigenvalue weighted by molar-refractivity contribution is 7.19. The monoisotopic (exact) mass is 438 g/mol. The molecule has 1 fully saturated rings. The van der Waals surface area contributed by atoms with Crippen LogP contribution in [0.1, 0.15) is 16.0 Å². The van der Waals surface area contributed by atoms with Crippen molar-refractivity contribution in [2.45, 2.75) is 13.0 Å². The Morgan fingerprint density at radius 2 is 2.06 bits per heavy atom. The van der Waals surface area contributed by atoms with Gasteiger partial charge in [-0.15, -0.1) is 11.3 Å². The molecule has 2 aliphatic rings. The molecule has 0 aliphatic carbocycles. The molecule has 31 heavy (non-hydrogen) atoms. The molecular formula is C20H22N8O2S. The average Bonchev–Trinajstić information content (AvgIpc) is 3.19. The van der Waals surface area contributed by atoms with Gasteiger partial charge in [-0.2, -0.15) is 0 Å². The number of pyridine rings is 1. The second-order valence-corrected chi connectivity index (χ2v) is 8.51. The van der Waals surface area contributed by atoms with Gasteiger partial charge in [0.05, 0.1) is 37.0 Å². The largest absolute Gasteiger partial charge is 0.397 e. The first-order valence-corrected chi connectivity index (χ1v) is 10.9. The molecular weight excluding hydrogens is 416 g/mol. The summed E-state index contributed by atoms with van der Waals surface area (Å²) in [6.07, 6.45) is 5.00. The summed E-state index contributed by atoms with van der Waals surface area (Å²) in [4.78, 5) is 31.9. The molecule has 0 saturated carbocycles. The molecule has 5 heterocycles. The number of ether oxygens (including phenoxy) is 1. The van der Waals surface area contributed by atoms with Crippen molar-refractivity contribution in [3.8, 4) is 0 Å². The molecule has 1 saturated heterocycles. The van der Waals surface area contributed by atoms with Gasteiger partial charge in [-0.05, 0) is 18.1 Å². The fraction of sp³-hybridized carbons (Fsp3) is 0.350. The third kappa shape index (κ3) is 3.66. The molecule has 2 aliphatic heterocycles. The number of urea groups is 1. The lowest BCUT2D eigenvalue weighted by Crippen LogP contribution is -2.49. The predicted molar refractivity (Wildman–Crippen MR) is 119 cm³/mol. The summed E-state index contributed by atoms with van der Waals surface area (Å²) in [5.74, 6) is 1.23. The van der Waals surface area contributed by atoms with Gasteiger partial charge in [0, 0.05) is 36.3 Å². The van der Waals surface area contributed by atoms with Gasteiger partial charge in [0.1, 0.15) is 22.8 Å². The van der Waals surface area contributed by atoms with Gasteiger partial charge in [0.25, 0.3) is 0 Å². The number of fused-ring (bicyclic) bond motifs is 3. The maximum absolute atomic E-state index is 12.9. The van der Waals surface area contributed by atoms with Gasteiger partial charge in [0.15, 0.2) is 0 Å². The molecule has 2 amide bonds. The first kappa shape index (κ1) is 19.6. The van der Waals surface area contributed by atoms with E-state index in [9.17, 15) is 4.79 Å². The molecule has 4 N–H and O–H groups in total. The molecule has 160 valence electrons. The van der Waals surface area contributed by atoms with Gasteiger partial charge < -0.3 is 31.0 Å². The number of nitrogens with one attached hydrogen (secondary N) is 2. The fourth-order valence-electron chi connectivity index (χ4n) is 3.94. The normalized spacial score (nSPS) is 16.3. The van der Waals surface area contributed by atoms with Crippen molar-refractivity contribution in [1.29, 1.82) is 5.41 Å². The minimum atomic E-state index is 0.0705. The smallest absolute Gasteiger partial charge is 0.320 e. The van der Waals surface area contributed by atoms with Crippen LogP contribution in [0.3, 0.4) is 0 Å². The Balaban J connectivity index is 1.43. The van der Waals surface area contributed by atoms with Crippen molar-refractivity contribution < 1.29 is 9.53 Å². The van der Waals surface area contributed by atoms with E-state index < -0.39 is 0 Å². The summed E-state index contributed by atoms with van der Waals surface area (Å²) >= 11 is 1.60. The Labute approximate surface area is 182 Å². The second kappa shape index (κ2) is 8.08. The lowest BCUT2D eigenvalue weighted by atomic mass is 10.1. The van der Waals surface area contributed by atoms with Crippen molar-refractivity contribution in [3.05, 3.63) is 34.6 Å². The number of carbonyl (C=O) groups excluding carboxylic acids is 1. The Morgan fingerprint density at radius 3 is 2.87 bits per heavy atom. The number of nitrogens with two attached hydrogens (primary N) is 1. The summed E-state index contributed by atoms with van der Waals surface area (Å²) in [6.45, 7) is 3.70. The van der Waals surface area contributed by atoms with E-state index in [0.717, 1.165) is 21.5 Å². The van der Waals surface area contributed by atoms with Crippen LogP contribution < -0.4 is 11.1 Å². The fourth-order valence-corrected chi connectivity index (χ4v) is 5.14. The molecule has 11 heteroatoms. The van der Waals surface area contributed by atoms with E-state index >= 15 is 0 Å². The highest BCUT2D eigenvalue weighted by atomic mass is 32.1. The number of rotatable bonds is 3. The maximum atomic E-state index is 12.9. The van der Waals surface area contributed by atoms with Crippen LogP contribution in [0.15, 0.2) is 18.6 Å². The molecule has 5 rings (SSSR count). The summed E-state index contributed by atoms with van der Waals surface area (Å²) in [5, 5.41) is 11.7. The van der Waals surface area contributed by atoms with E-state index in [1.807, 2.05) is 9.80 Å². The zero-order chi connectivity index (χ0) is 21.4. The SMILES string of the molecule is N=Cc1cc(Nc2ncnc3sc4c(c23)CCN(C(=O)N2CCOCC2)C4)ncc1N. The predicted octanol–water partition coefficient (Wildman–Crippen LogP) is 2.22. The molecule has 0 spiro atoms. The standard InChI is InChI=1S/C20H22N8O2S/c21-8-12-7-16(23-9-14(12)22)26-18-17-13-1-2-28(20(29)27-3-5-30-6-4-27)10-15(13)31-19(17)25-11-24-18/h7-9,11,21H,1-6,10,22H2,(H,23,24,25,26). The first-order chi connectivity index (χ1) is 15.1. The number of hydrogen-bond donors (Lipinski definition) is 3. The summed E-state index contributed by atoms with van der Waals surface area (Å²) in [5.41, 5.74) is 8.06. The molecule has 0 aromatic carbocycles. The van der Waals surface area contributed by atoms with Crippen LogP contribution in [0.25, 0.3) is 10.2 Å². The van der Waals surface area contributed by atoms with E-state index in [1.54, 1.807) is 17.4 Å². The van der Waals surface area contributed by atoms with Gasteiger partial charge >= 0.3 is 6.03 Å². The minimum Gasteiger partial charge on any atom is -0.397 e. The van der Waals surface area contributed by atoms with E-state index in [1.165, 1.54) is 24.3 Å². The maximum Gasteiger partial charge on any atom is 0.320 e. The molecule has 10 nitrogen and oxygen atoms in total. The van der Waals surface area contributed by atoms with Crippen molar-refractivity contribution in [2.24, 2.45) is 0 Å². The molecule has 0 atom stereocenters. The Hall–Kier alpha value is -3.31. The third-order valence-electron chi connectivity index (χ3n) is 5.56. The van der Waals surface area contributed by atoms with Crippen LogP contribution in [0.5, 0.6) is 0 Å². The Morgan fingerprint density at radius 1 is 1.23 bits per heavy atom. The number of nitrogen functional groups attached to an aromatic ring is 1. The highest BCUT2D eigenvalue weighted by Crippen LogP contribution is 2.38. The first-order valence-electron chi connectivity index (χ1n) is 10.0.